The number of nitrogens with one attached hydrogen (secondary N) is 1. The fraction of sp³-hybridized carbons (Fsp3) is 0.538. The van der Waals surface area contributed by atoms with Gasteiger partial charge in [-0.1, -0.05) is 19.1 Å². The quantitative estimate of drug-likeness (QED) is 0.799. The highest BCUT2D eigenvalue weighted by Crippen LogP contribution is 2.29. The van der Waals surface area contributed by atoms with Crippen molar-refractivity contribution in [1.29, 1.82) is 0 Å². The fourth-order valence-corrected chi connectivity index (χ4v) is 1.64. The van der Waals surface area contributed by atoms with E-state index in [0.717, 1.165) is 12.5 Å². The molecule has 0 heterocycles. The van der Waals surface area contributed by atoms with Crippen LogP contribution in [-0.4, -0.2) is 19.3 Å². The molecule has 1 unspecified atom stereocenters. The van der Waals surface area contributed by atoms with Crippen LogP contribution in [0.1, 0.15) is 31.9 Å². The third kappa shape index (κ3) is 5.06. The number of benzene rings is 1. The first-order valence-electron chi connectivity index (χ1n) is 6.06. The van der Waals surface area contributed by atoms with Gasteiger partial charge >= 0.3 is 6.18 Å². The topological polar surface area (TPSA) is 21.3 Å². The van der Waals surface area contributed by atoms with Gasteiger partial charge in [-0.15, -0.1) is 0 Å². The fourth-order valence-electron chi connectivity index (χ4n) is 1.64. The maximum atomic E-state index is 13.6. The molecular formula is C13H17F4NO. The van der Waals surface area contributed by atoms with E-state index >= 15 is 0 Å². The molecule has 0 spiro atoms. The van der Waals surface area contributed by atoms with Gasteiger partial charge in [0.2, 0.25) is 0 Å². The zero-order valence-electron chi connectivity index (χ0n) is 10.9. The highest BCUT2D eigenvalue weighted by atomic mass is 19.4. The molecule has 1 aromatic rings. The molecule has 0 aliphatic rings. The van der Waals surface area contributed by atoms with E-state index in [1.807, 2.05) is 6.92 Å². The highest BCUT2D eigenvalue weighted by Gasteiger charge is 2.29. The number of para-hydroxylation sites is 1. The summed E-state index contributed by atoms with van der Waals surface area (Å²) in [5.74, 6) is -1.12. The second-order valence-electron chi connectivity index (χ2n) is 4.24. The van der Waals surface area contributed by atoms with Gasteiger partial charge in [-0.05, 0) is 26.0 Å². The summed E-state index contributed by atoms with van der Waals surface area (Å²) in [6.07, 6.45) is -3.61. The SMILES string of the molecule is CCCNC(C)c1cccc(F)c1OCC(F)(F)F. The lowest BCUT2D eigenvalue weighted by Gasteiger charge is -2.19. The van der Waals surface area contributed by atoms with Gasteiger partial charge in [0.25, 0.3) is 0 Å². The van der Waals surface area contributed by atoms with Gasteiger partial charge in [-0.2, -0.15) is 13.2 Å². The van der Waals surface area contributed by atoms with Crippen LogP contribution in [0.15, 0.2) is 18.2 Å². The molecule has 1 rings (SSSR count). The normalized spacial score (nSPS) is 13.4. The Morgan fingerprint density at radius 1 is 1.32 bits per heavy atom. The lowest BCUT2D eigenvalue weighted by molar-refractivity contribution is -0.154. The average Bonchev–Trinajstić information content (AvgIpc) is 2.33. The zero-order valence-corrected chi connectivity index (χ0v) is 10.9. The number of halogens is 4. The number of rotatable bonds is 6. The third-order valence-corrected chi connectivity index (χ3v) is 2.54. The molecule has 0 bridgehead atoms. The second kappa shape index (κ2) is 6.75. The number of alkyl halides is 3. The number of hydrogen-bond acceptors (Lipinski definition) is 2. The molecule has 0 fully saturated rings. The summed E-state index contributed by atoms with van der Waals surface area (Å²) >= 11 is 0. The lowest BCUT2D eigenvalue weighted by atomic mass is 10.1. The predicted octanol–water partition coefficient (Wildman–Crippen LogP) is 3.83. The molecule has 108 valence electrons. The van der Waals surface area contributed by atoms with E-state index in [0.29, 0.717) is 12.1 Å². The monoisotopic (exact) mass is 279 g/mol. The minimum Gasteiger partial charge on any atom is -0.481 e. The van der Waals surface area contributed by atoms with E-state index in [2.05, 4.69) is 10.1 Å². The van der Waals surface area contributed by atoms with Crippen LogP contribution in [0.25, 0.3) is 0 Å². The van der Waals surface area contributed by atoms with Gasteiger partial charge in [-0.3, -0.25) is 0 Å². The molecule has 1 aromatic carbocycles. The molecule has 0 aliphatic carbocycles. The molecule has 0 saturated carbocycles. The van der Waals surface area contributed by atoms with Crippen molar-refractivity contribution in [3.63, 3.8) is 0 Å². The van der Waals surface area contributed by atoms with Crippen molar-refractivity contribution in [2.75, 3.05) is 13.2 Å². The number of ether oxygens (including phenoxy) is 1. The summed E-state index contributed by atoms with van der Waals surface area (Å²) in [4.78, 5) is 0. The van der Waals surface area contributed by atoms with Crippen LogP contribution in [0.3, 0.4) is 0 Å². The predicted molar refractivity (Wildman–Crippen MR) is 64.7 cm³/mol. The Labute approximate surface area is 109 Å². The molecule has 6 heteroatoms. The van der Waals surface area contributed by atoms with Crippen molar-refractivity contribution in [3.05, 3.63) is 29.6 Å². The van der Waals surface area contributed by atoms with Crippen molar-refractivity contribution in [2.24, 2.45) is 0 Å². The van der Waals surface area contributed by atoms with E-state index in [1.165, 1.54) is 6.07 Å². The molecule has 0 radical (unpaired) electrons. The zero-order chi connectivity index (χ0) is 14.5. The van der Waals surface area contributed by atoms with Crippen LogP contribution in [0.5, 0.6) is 5.75 Å². The van der Waals surface area contributed by atoms with E-state index < -0.39 is 18.6 Å². The molecule has 2 nitrogen and oxygen atoms in total. The first-order chi connectivity index (χ1) is 8.85. The minimum absolute atomic E-state index is 0.279. The summed E-state index contributed by atoms with van der Waals surface area (Å²) in [6.45, 7) is 2.91. The summed E-state index contributed by atoms with van der Waals surface area (Å²) in [5, 5.41) is 3.09. The summed E-state index contributed by atoms with van der Waals surface area (Å²) in [7, 11) is 0. The molecule has 0 saturated heterocycles. The average molecular weight is 279 g/mol. The Bertz CT molecular complexity index is 406. The Kier molecular flexibility index (Phi) is 5.60. The molecule has 1 N–H and O–H groups in total. The molecule has 19 heavy (non-hydrogen) atoms. The van der Waals surface area contributed by atoms with E-state index in [9.17, 15) is 17.6 Å². The lowest BCUT2D eigenvalue weighted by Crippen LogP contribution is -2.23. The van der Waals surface area contributed by atoms with Crippen molar-refractivity contribution < 1.29 is 22.3 Å². The molecule has 0 aromatic heterocycles. The van der Waals surface area contributed by atoms with Crippen LogP contribution in [-0.2, 0) is 0 Å². The Hall–Kier alpha value is -1.30. The smallest absolute Gasteiger partial charge is 0.422 e. The van der Waals surface area contributed by atoms with Gasteiger partial charge < -0.3 is 10.1 Å². The molecule has 0 aliphatic heterocycles. The maximum absolute atomic E-state index is 13.6. The Balaban J connectivity index is 2.88. The van der Waals surface area contributed by atoms with Crippen LogP contribution >= 0.6 is 0 Å². The second-order valence-corrected chi connectivity index (χ2v) is 4.24. The third-order valence-electron chi connectivity index (χ3n) is 2.54. The van der Waals surface area contributed by atoms with Gasteiger partial charge in [0, 0.05) is 11.6 Å². The standard InChI is InChI=1S/C13H17F4NO/c1-3-7-18-9(2)10-5-4-6-11(14)12(10)19-8-13(15,16)17/h4-6,9,18H,3,7-8H2,1-2H3. The van der Waals surface area contributed by atoms with Gasteiger partial charge in [0.05, 0.1) is 0 Å². The van der Waals surface area contributed by atoms with Crippen molar-refractivity contribution in [3.8, 4) is 5.75 Å². The van der Waals surface area contributed by atoms with Crippen molar-refractivity contribution >= 4 is 0 Å². The van der Waals surface area contributed by atoms with Gasteiger partial charge in [0.1, 0.15) is 0 Å². The largest absolute Gasteiger partial charge is 0.481 e. The summed E-state index contributed by atoms with van der Waals surface area (Å²) < 4.78 is 54.6. The summed E-state index contributed by atoms with van der Waals surface area (Å²) in [5.41, 5.74) is 0.387. The minimum atomic E-state index is -4.49. The van der Waals surface area contributed by atoms with Gasteiger partial charge in [-0.25, -0.2) is 4.39 Å². The summed E-state index contributed by atoms with van der Waals surface area (Å²) in [6, 6.07) is 3.82. The maximum Gasteiger partial charge on any atom is 0.422 e. The molecule has 1 atom stereocenters. The first-order valence-corrected chi connectivity index (χ1v) is 6.06. The van der Waals surface area contributed by atoms with Crippen LogP contribution < -0.4 is 10.1 Å². The number of hydrogen-bond donors (Lipinski definition) is 1. The van der Waals surface area contributed by atoms with Crippen molar-refractivity contribution in [1.82, 2.24) is 5.32 Å². The van der Waals surface area contributed by atoms with Crippen LogP contribution in [0, 0.1) is 5.82 Å². The van der Waals surface area contributed by atoms with E-state index in [-0.39, 0.29) is 11.8 Å². The van der Waals surface area contributed by atoms with E-state index in [1.54, 1.807) is 13.0 Å². The van der Waals surface area contributed by atoms with Crippen LogP contribution in [0.2, 0.25) is 0 Å². The molecular weight excluding hydrogens is 262 g/mol. The molecule has 0 amide bonds. The van der Waals surface area contributed by atoms with E-state index in [4.69, 9.17) is 0 Å². The Morgan fingerprint density at radius 2 is 2.00 bits per heavy atom. The van der Waals surface area contributed by atoms with Crippen LogP contribution in [0.4, 0.5) is 17.6 Å². The first kappa shape index (κ1) is 15.8. The van der Waals surface area contributed by atoms with Gasteiger partial charge in [0.15, 0.2) is 18.2 Å². The Morgan fingerprint density at radius 3 is 2.58 bits per heavy atom. The van der Waals surface area contributed by atoms with Crippen molar-refractivity contribution in [2.45, 2.75) is 32.5 Å². The highest BCUT2D eigenvalue weighted by molar-refractivity contribution is 5.37.